The van der Waals surface area contributed by atoms with Crippen LogP contribution in [0.1, 0.15) is 19.4 Å². The highest BCUT2D eigenvalue weighted by Gasteiger charge is 2.17. The zero-order valence-electron chi connectivity index (χ0n) is 16.1. The number of aryl methyl sites for hydroxylation is 1. The summed E-state index contributed by atoms with van der Waals surface area (Å²) >= 11 is 1.32. The molecule has 1 N–H and O–H groups in total. The van der Waals surface area contributed by atoms with Crippen molar-refractivity contribution in [2.75, 3.05) is 13.2 Å². The first-order valence-corrected chi connectivity index (χ1v) is 9.95. The van der Waals surface area contributed by atoms with Gasteiger partial charge in [-0.05, 0) is 38.5 Å². The lowest BCUT2D eigenvalue weighted by atomic mass is 10.1. The lowest BCUT2D eigenvalue weighted by molar-refractivity contribution is 0.121. The van der Waals surface area contributed by atoms with Gasteiger partial charge < -0.3 is 14.6 Å². The number of aliphatic hydroxyl groups excluding tert-OH is 1. The van der Waals surface area contributed by atoms with Crippen molar-refractivity contribution in [1.29, 1.82) is 0 Å². The quantitative estimate of drug-likeness (QED) is 0.512. The number of halogens is 1. The summed E-state index contributed by atoms with van der Waals surface area (Å²) in [7, 11) is 0. The van der Waals surface area contributed by atoms with Crippen LogP contribution in [0.2, 0.25) is 0 Å². The van der Waals surface area contributed by atoms with E-state index in [1.807, 2.05) is 26.0 Å². The summed E-state index contributed by atoms with van der Waals surface area (Å²) in [5, 5.41) is 9.78. The molecule has 0 saturated carbocycles. The summed E-state index contributed by atoms with van der Waals surface area (Å²) in [5.41, 5.74) is 3.61. The second-order valence-corrected chi connectivity index (χ2v) is 7.53. The van der Waals surface area contributed by atoms with Crippen LogP contribution in [-0.2, 0) is 0 Å². The Balaban J connectivity index is 1.82. The fourth-order valence-corrected chi connectivity index (χ4v) is 3.81. The lowest BCUT2D eigenvalue weighted by Gasteiger charge is -2.10. The molecule has 4 aromatic rings. The Morgan fingerprint density at radius 3 is 2.76 bits per heavy atom. The molecule has 0 bridgehead atoms. The molecule has 0 radical (unpaired) electrons. The second-order valence-electron chi connectivity index (χ2n) is 6.55. The summed E-state index contributed by atoms with van der Waals surface area (Å²) in [6.45, 7) is 5.76. The molecule has 0 fully saturated rings. The van der Waals surface area contributed by atoms with Crippen molar-refractivity contribution >= 4 is 32.7 Å². The zero-order valence-corrected chi connectivity index (χ0v) is 17.0. The van der Waals surface area contributed by atoms with Crippen LogP contribution in [0.4, 0.5) is 4.39 Å². The van der Waals surface area contributed by atoms with Gasteiger partial charge in [-0.3, -0.25) is 0 Å². The highest BCUT2D eigenvalue weighted by molar-refractivity contribution is 7.21. The van der Waals surface area contributed by atoms with E-state index in [1.54, 1.807) is 13.1 Å². The predicted octanol–water partition coefficient (Wildman–Crippen LogP) is 3.91. The third kappa shape index (κ3) is 3.83. The van der Waals surface area contributed by atoms with E-state index < -0.39 is 11.9 Å². The predicted molar refractivity (Wildman–Crippen MR) is 109 cm³/mol. The summed E-state index contributed by atoms with van der Waals surface area (Å²) in [5.74, 6) is -0.307. The van der Waals surface area contributed by atoms with Gasteiger partial charge in [0.15, 0.2) is 5.82 Å². The van der Waals surface area contributed by atoms with Crippen LogP contribution in [0.3, 0.4) is 0 Å². The molecule has 3 heterocycles. The molecule has 1 aromatic carbocycles. The van der Waals surface area contributed by atoms with Gasteiger partial charge in [-0.1, -0.05) is 11.3 Å². The topological polar surface area (TPSA) is 90.3 Å². The fourth-order valence-electron chi connectivity index (χ4n) is 2.88. The van der Waals surface area contributed by atoms with Crippen LogP contribution < -0.4 is 9.47 Å². The number of hydrogen-bond donors (Lipinski definition) is 1. The third-order valence-electron chi connectivity index (χ3n) is 4.17. The SMILES string of the molecule is CCOc1cnc2c(-c3nc4cc(F)c(O[C@@H](C)CO)nc4s3)cc(C)cc2n1. The van der Waals surface area contributed by atoms with Gasteiger partial charge in [0.2, 0.25) is 5.88 Å². The van der Waals surface area contributed by atoms with Crippen molar-refractivity contribution in [1.82, 2.24) is 19.9 Å². The van der Waals surface area contributed by atoms with Gasteiger partial charge in [0.1, 0.15) is 21.5 Å². The van der Waals surface area contributed by atoms with Crippen LogP contribution in [0, 0.1) is 12.7 Å². The first-order valence-electron chi connectivity index (χ1n) is 9.13. The van der Waals surface area contributed by atoms with Crippen LogP contribution in [-0.4, -0.2) is 44.4 Å². The van der Waals surface area contributed by atoms with Crippen LogP contribution in [0.25, 0.3) is 32.0 Å². The molecule has 150 valence electrons. The van der Waals surface area contributed by atoms with Gasteiger partial charge in [-0.25, -0.2) is 19.3 Å². The molecule has 0 amide bonds. The Labute approximate surface area is 170 Å². The zero-order chi connectivity index (χ0) is 20.5. The number of fused-ring (bicyclic) bond motifs is 2. The molecular formula is C20H19FN4O3S. The molecule has 0 unspecified atom stereocenters. The van der Waals surface area contributed by atoms with Gasteiger partial charge in [0.05, 0.1) is 30.4 Å². The minimum atomic E-state index is -0.620. The fraction of sp³-hybridized carbons (Fsp3) is 0.300. The van der Waals surface area contributed by atoms with Crippen LogP contribution in [0.5, 0.6) is 11.8 Å². The summed E-state index contributed by atoms with van der Waals surface area (Å²) in [6.07, 6.45) is 1.02. The first-order chi connectivity index (χ1) is 14.0. The number of thiazole rings is 1. The monoisotopic (exact) mass is 414 g/mol. The molecular weight excluding hydrogens is 395 g/mol. The van der Waals surface area contributed by atoms with Gasteiger partial charge in [-0.15, -0.1) is 0 Å². The van der Waals surface area contributed by atoms with Crippen molar-refractivity contribution in [2.45, 2.75) is 26.9 Å². The molecule has 0 aliphatic rings. The Morgan fingerprint density at radius 1 is 1.17 bits per heavy atom. The molecule has 4 rings (SSSR count). The molecule has 0 aliphatic carbocycles. The van der Waals surface area contributed by atoms with Crippen LogP contribution >= 0.6 is 11.3 Å². The van der Waals surface area contributed by atoms with E-state index in [2.05, 4.69) is 19.9 Å². The number of aromatic nitrogens is 4. The van der Waals surface area contributed by atoms with Crippen molar-refractivity contribution in [3.63, 3.8) is 0 Å². The number of rotatable bonds is 6. The molecule has 29 heavy (non-hydrogen) atoms. The minimum Gasteiger partial charge on any atom is -0.477 e. The summed E-state index contributed by atoms with van der Waals surface area (Å²) in [4.78, 5) is 18.3. The third-order valence-corrected chi connectivity index (χ3v) is 5.17. The molecule has 7 nitrogen and oxygen atoms in total. The average molecular weight is 414 g/mol. The highest BCUT2D eigenvalue weighted by Crippen LogP contribution is 2.35. The first kappa shape index (κ1) is 19.4. The Bertz CT molecular complexity index is 1200. The minimum absolute atomic E-state index is 0.149. The maximum Gasteiger partial charge on any atom is 0.252 e. The molecule has 9 heteroatoms. The van der Waals surface area contributed by atoms with E-state index in [9.17, 15) is 4.39 Å². The lowest BCUT2D eigenvalue weighted by Crippen LogP contribution is -2.17. The molecule has 0 saturated heterocycles. The molecule has 0 aliphatic heterocycles. The standard InChI is InChI=1S/C20H19FN4O3S/c1-4-27-16-8-22-17-12(5-10(2)6-14(17)23-16)19-24-15-7-13(21)18(25-20(15)29-19)28-11(3)9-26/h5-8,11,26H,4,9H2,1-3H3/t11-/m0/s1. The van der Waals surface area contributed by atoms with Crippen molar-refractivity contribution in [3.05, 3.63) is 35.8 Å². The van der Waals surface area contributed by atoms with E-state index in [0.717, 1.165) is 11.1 Å². The largest absolute Gasteiger partial charge is 0.477 e. The van der Waals surface area contributed by atoms with E-state index in [-0.39, 0.29) is 12.5 Å². The van der Waals surface area contributed by atoms with Crippen molar-refractivity contribution in [3.8, 4) is 22.3 Å². The van der Waals surface area contributed by atoms with Crippen molar-refractivity contribution < 1.29 is 19.0 Å². The number of aliphatic hydroxyl groups is 1. The smallest absolute Gasteiger partial charge is 0.252 e. The Morgan fingerprint density at radius 2 is 2.00 bits per heavy atom. The highest BCUT2D eigenvalue weighted by atomic mass is 32.1. The molecule has 3 aromatic heterocycles. The number of benzene rings is 1. The summed E-state index contributed by atoms with van der Waals surface area (Å²) < 4.78 is 25.1. The van der Waals surface area contributed by atoms with Gasteiger partial charge in [0, 0.05) is 11.6 Å². The number of hydrogen-bond acceptors (Lipinski definition) is 8. The van der Waals surface area contributed by atoms with Crippen LogP contribution in [0.15, 0.2) is 24.4 Å². The number of nitrogens with zero attached hydrogens (tertiary/aromatic N) is 4. The van der Waals surface area contributed by atoms with E-state index in [4.69, 9.17) is 14.6 Å². The van der Waals surface area contributed by atoms with Crippen molar-refractivity contribution in [2.24, 2.45) is 0 Å². The Kier molecular flexibility index (Phi) is 5.25. The maximum atomic E-state index is 14.3. The number of ether oxygens (including phenoxy) is 2. The number of pyridine rings is 1. The summed E-state index contributed by atoms with van der Waals surface area (Å²) in [6, 6.07) is 5.19. The molecule has 1 atom stereocenters. The maximum absolute atomic E-state index is 14.3. The van der Waals surface area contributed by atoms with E-state index >= 15 is 0 Å². The van der Waals surface area contributed by atoms with Gasteiger partial charge >= 0.3 is 0 Å². The molecule has 0 spiro atoms. The average Bonchev–Trinajstić information content (AvgIpc) is 3.10. The van der Waals surface area contributed by atoms with Gasteiger partial charge in [0.25, 0.3) is 5.88 Å². The van der Waals surface area contributed by atoms with Gasteiger partial charge in [-0.2, -0.15) is 4.98 Å². The van der Waals surface area contributed by atoms with E-state index in [0.29, 0.717) is 38.9 Å². The Hall–Kier alpha value is -2.91. The van der Waals surface area contributed by atoms with E-state index in [1.165, 1.54) is 17.4 Å². The second kappa shape index (κ2) is 7.84. The normalized spacial score (nSPS) is 12.4.